The van der Waals surface area contributed by atoms with Gasteiger partial charge in [0.05, 0.1) is 22.3 Å². The minimum absolute atomic E-state index is 0. The number of anilines is 1. The number of hydrogen-bond acceptors (Lipinski definition) is 3. The summed E-state index contributed by atoms with van der Waals surface area (Å²) in [5, 5.41) is 3.65. The maximum Gasteiger partial charge on any atom is 0.238 e. The minimum atomic E-state index is -0.106. The monoisotopic (exact) mass is 337 g/mol. The molecule has 1 aliphatic heterocycles. The van der Waals surface area contributed by atoms with E-state index >= 15 is 0 Å². The molecule has 1 heterocycles. The third kappa shape index (κ3) is 4.79. The molecule has 0 spiro atoms. The molecule has 1 fully saturated rings. The largest absolute Gasteiger partial charge is 0.328 e. The zero-order chi connectivity index (χ0) is 13.8. The summed E-state index contributed by atoms with van der Waals surface area (Å²) < 4.78 is 0. The second-order valence-corrected chi connectivity index (χ2v) is 5.57. The molecule has 4 nitrogen and oxygen atoms in total. The number of piperidine rings is 1. The molecule has 1 aromatic carbocycles. The van der Waals surface area contributed by atoms with Crippen LogP contribution in [0.2, 0.25) is 10.0 Å². The van der Waals surface area contributed by atoms with Crippen molar-refractivity contribution in [3.05, 3.63) is 28.2 Å². The highest BCUT2D eigenvalue weighted by Gasteiger charge is 2.19. The summed E-state index contributed by atoms with van der Waals surface area (Å²) in [4.78, 5) is 14.1. The molecule has 1 aliphatic rings. The molecule has 3 N–H and O–H groups in total. The Morgan fingerprint density at radius 2 is 1.85 bits per heavy atom. The third-order valence-electron chi connectivity index (χ3n) is 3.23. The molecule has 20 heavy (non-hydrogen) atoms. The van der Waals surface area contributed by atoms with Crippen molar-refractivity contribution >= 4 is 47.2 Å². The van der Waals surface area contributed by atoms with Gasteiger partial charge in [-0.3, -0.25) is 9.69 Å². The van der Waals surface area contributed by atoms with Gasteiger partial charge < -0.3 is 11.1 Å². The van der Waals surface area contributed by atoms with Crippen LogP contribution in [-0.4, -0.2) is 36.5 Å². The Labute approximate surface area is 135 Å². The molecule has 0 bridgehead atoms. The highest BCUT2D eigenvalue weighted by atomic mass is 35.5. The molecule has 112 valence electrons. The topological polar surface area (TPSA) is 58.4 Å². The normalized spacial score (nSPS) is 16.6. The number of nitrogens with zero attached hydrogens (tertiary/aromatic N) is 1. The van der Waals surface area contributed by atoms with Crippen LogP contribution in [0.3, 0.4) is 0 Å². The molecule has 0 unspecified atom stereocenters. The maximum atomic E-state index is 12.0. The molecule has 0 radical (unpaired) electrons. The van der Waals surface area contributed by atoms with E-state index in [1.54, 1.807) is 18.2 Å². The van der Waals surface area contributed by atoms with Gasteiger partial charge in [0.2, 0.25) is 5.91 Å². The highest BCUT2D eigenvalue weighted by molar-refractivity contribution is 6.39. The molecule has 0 aromatic heterocycles. The van der Waals surface area contributed by atoms with Crippen molar-refractivity contribution in [2.75, 3.05) is 25.0 Å². The van der Waals surface area contributed by atoms with Crippen LogP contribution >= 0.6 is 35.6 Å². The number of para-hydroxylation sites is 1. The number of nitrogens with one attached hydrogen (secondary N) is 1. The first-order valence-corrected chi connectivity index (χ1v) is 7.03. The summed E-state index contributed by atoms with van der Waals surface area (Å²) in [5.41, 5.74) is 6.31. The summed E-state index contributed by atoms with van der Waals surface area (Å²) in [5.74, 6) is -0.106. The Bertz CT molecular complexity index is 442. The average molecular weight is 339 g/mol. The van der Waals surface area contributed by atoms with Crippen molar-refractivity contribution in [1.82, 2.24) is 4.90 Å². The second kappa shape index (κ2) is 8.05. The van der Waals surface area contributed by atoms with Crippen LogP contribution in [0.1, 0.15) is 12.8 Å². The van der Waals surface area contributed by atoms with Gasteiger partial charge >= 0.3 is 0 Å². The van der Waals surface area contributed by atoms with E-state index in [1.807, 2.05) is 0 Å². The summed E-state index contributed by atoms with van der Waals surface area (Å²) in [6, 6.07) is 5.40. The predicted octanol–water partition coefficient (Wildman–Crippen LogP) is 2.78. The van der Waals surface area contributed by atoms with Gasteiger partial charge in [0, 0.05) is 19.1 Å². The number of halogens is 3. The van der Waals surface area contributed by atoms with Gasteiger partial charge in [-0.15, -0.1) is 12.4 Å². The molecular formula is C13H18Cl3N3O. The molecule has 1 aromatic rings. The number of carbonyl (C=O) groups excluding carboxylic acids is 1. The lowest BCUT2D eigenvalue weighted by molar-refractivity contribution is -0.117. The molecule has 0 atom stereocenters. The van der Waals surface area contributed by atoms with Crippen molar-refractivity contribution in [3.63, 3.8) is 0 Å². The van der Waals surface area contributed by atoms with Crippen molar-refractivity contribution in [1.29, 1.82) is 0 Å². The van der Waals surface area contributed by atoms with Crippen LogP contribution < -0.4 is 11.1 Å². The van der Waals surface area contributed by atoms with E-state index < -0.39 is 0 Å². The molecule has 0 aliphatic carbocycles. The number of rotatable bonds is 3. The summed E-state index contributed by atoms with van der Waals surface area (Å²) in [7, 11) is 0. The summed E-state index contributed by atoms with van der Waals surface area (Å²) in [6.45, 7) is 2.05. The second-order valence-electron chi connectivity index (χ2n) is 4.76. The number of benzene rings is 1. The van der Waals surface area contributed by atoms with Crippen LogP contribution in [0.25, 0.3) is 0 Å². The molecular weight excluding hydrogens is 321 g/mol. The number of likely N-dealkylation sites (tertiary alicyclic amines) is 1. The summed E-state index contributed by atoms with van der Waals surface area (Å²) in [6.07, 6.45) is 1.86. The molecule has 2 rings (SSSR count). The molecule has 7 heteroatoms. The van der Waals surface area contributed by atoms with E-state index in [2.05, 4.69) is 10.2 Å². The Hall–Kier alpha value is -0.520. The minimum Gasteiger partial charge on any atom is -0.328 e. The first-order valence-electron chi connectivity index (χ1n) is 6.28. The van der Waals surface area contributed by atoms with Gasteiger partial charge in [-0.2, -0.15) is 0 Å². The van der Waals surface area contributed by atoms with E-state index in [1.165, 1.54) is 0 Å². The molecule has 1 saturated heterocycles. The van der Waals surface area contributed by atoms with Gasteiger partial charge in [0.15, 0.2) is 0 Å². The zero-order valence-corrected chi connectivity index (χ0v) is 13.3. The van der Waals surface area contributed by atoms with Gasteiger partial charge in [0.1, 0.15) is 0 Å². The number of nitrogens with two attached hydrogens (primary N) is 1. The van der Waals surface area contributed by atoms with E-state index in [0.717, 1.165) is 25.9 Å². The quantitative estimate of drug-likeness (QED) is 0.891. The van der Waals surface area contributed by atoms with Crippen molar-refractivity contribution in [2.45, 2.75) is 18.9 Å². The lowest BCUT2D eigenvalue weighted by Crippen LogP contribution is -2.43. The molecule has 0 saturated carbocycles. The van der Waals surface area contributed by atoms with E-state index in [-0.39, 0.29) is 24.4 Å². The first-order chi connectivity index (χ1) is 9.06. The van der Waals surface area contributed by atoms with Crippen molar-refractivity contribution in [3.8, 4) is 0 Å². The number of carbonyl (C=O) groups is 1. The molecule has 1 amide bonds. The Morgan fingerprint density at radius 1 is 1.30 bits per heavy atom. The Morgan fingerprint density at radius 3 is 2.40 bits per heavy atom. The van der Waals surface area contributed by atoms with Gasteiger partial charge in [-0.1, -0.05) is 29.3 Å². The van der Waals surface area contributed by atoms with Crippen LogP contribution in [0, 0.1) is 0 Å². The van der Waals surface area contributed by atoms with Gasteiger partial charge in [-0.25, -0.2) is 0 Å². The van der Waals surface area contributed by atoms with E-state index in [9.17, 15) is 4.79 Å². The predicted molar refractivity (Wildman–Crippen MR) is 86.0 cm³/mol. The van der Waals surface area contributed by atoms with Crippen LogP contribution in [0.5, 0.6) is 0 Å². The van der Waals surface area contributed by atoms with E-state index in [4.69, 9.17) is 28.9 Å². The lowest BCUT2D eigenvalue weighted by atomic mass is 10.1. The average Bonchev–Trinajstić information content (AvgIpc) is 2.37. The lowest BCUT2D eigenvalue weighted by Gasteiger charge is -2.29. The fraction of sp³-hybridized carbons (Fsp3) is 0.462. The smallest absolute Gasteiger partial charge is 0.238 e. The Kier molecular flexibility index (Phi) is 7.06. The van der Waals surface area contributed by atoms with Crippen LogP contribution in [0.15, 0.2) is 18.2 Å². The third-order valence-corrected chi connectivity index (χ3v) is 3.86. The Balaban J connectivity index is 0.00000200. The van der Waals surface area contributed by atoms with Crippen LogP contribution in [0.4, 0.5) is 5.69 Å². The van der Waals surface area contributed by atoms with Crippen molar-refractivity contribution < 1.29 is 4.79 Å². The SMILES string of the molecule is Cl.NC1CCN(CC(=O)Nc2c(Cl)cccc2Cl)CC1. The van der Waals surface area contributed by atoms with Gasteiger partial charge in [-0.05, 0) is 25.0 Å². The highest BCUT2D eigenvalue weighted by Crippen LogP contribution is 2.29. The van der Waals surface area contributed by atoms with E-state index in [0.29, 0.717) is 22.3 Å². The zero-order valence-electron chi connectivity index (χ0n) is 10.9. The maximum absolute atomic E-state index is 12.0. The van der Waals surface area contributed by atoms with Crippen LogP contribution in [-0.2, 0) is 4.79 Å². The van der Waals surface area contributed by atoms with Gasteiger partial charge in [0.25, 0.3) is 0 Å². The van der Waals surface area contributed by atoms with Crippen molar-refractivity contribution in [2.24, 2.45) is 5.73 Å². The fourth-order valence-corrected chi connectivity index (χ4v) is 2.60. The number of amides is 1. The fourth-order valence-electron chi connectivity index (χ4n) is 2.11. The first kappa shape index (κ1) is 17.5. The standard InChI is InChI=1S/C13H17Cl2N3O.ClH/c14-10-2-1-3-11(15)13(10)17-12(19)8-18-6-4-9(16)5-7-18;/h1-3,9H,4-8,16H2,(H,17,19);1H. The number of hydrogen-bond donors (Lipinski definition) is 2. The summed E-state index contributed by atoms with van der Waals surface area (Å²) >= 11 is 12.0.